The van der Waals surface area contributed by atoms with E-state index >= 15 is 0 Å². The summed E-state index contributed by atoms with van der Waals surface area (Å²) < 4.78 is 5.08. The molecule has 0 bridgehead atoms. The van der Waals surface area contributed by atoms with Gasteiger partial charge >= 0.3 is 0 Å². The van der Waals surface area contributed by atoms with Crippen molar-refractivity contribution in [3.05, 3.63) is 53.7 Å². The van der Waals surface area contributed by atoms with Crippen LogP contribution in [0.1, 0.15) is 21.8 Å². The van der Waals surface area contributed by atoms with Crippen molar-refractivity contribution in [2.45, 2.75) is 6.54 Å². The Morgan fingerprint density at radius 1 is 1.53 bits per heavy atom. The molecule has 5 nitrogen and oxygen atoms in total. The first-order chi connectivity index (χ1) is 8.29. The van der Waals surface area contributed by atoms with Gasteiger partial charge in [0.2, 0.25) is 0 Å². The highest BCUT2D eigenvalue weighted by atomic mass is 16.3. The zero-order valence-corrected chi connectivity index (χ0v) is 8.88. The molecule has 0 aliphatic rings. The monoisotopic (exact) mass is 227 g/mol. The van der Waals surface area contributed by atoms with Gasteiger partial charge in [0, 0.05) is 6.20 Å². The average Bonchev–Trinajstić information content (AvgIpc) is 2.89. The summed E-state index contributed by atoms with van der Waals surface area (Å²) in [5.74, 6) is 0.327. The molecule has 0 unspecified atom stereocenters. The highest BCUT2D eigenvalue weighted by Gasteiger charge is 2.08. The van der Waals surface area contributed by atoms with E-state index in [2.05, 4.69) is 10.3 Å². The minimum Gasteiger partial charge on any atom is -0.467 e. The van der Waals surface area contributed by atoms with Crippen LogP contribution >= 0.6 is 0 Å². The van der Waals surface area contributed by atoms with Crippen LogP contribution in [0.25, 0.3) is 0 Å². The molecule has 17 heavy (non-hydrogen) atoms. The maximum absolute atomic E-state index is 11.7. The number of aromatic nitrogens is 1. The van der Waals surface area contributed by atoms with E-state index in [0.717, 1.165) is 0 Å². The number of hydrogen-bond acceptors (Lipinski definition) is 4. The van der Waals surface area contributed by atoms with Crippen LogP contribution in [0.4, 0.5) is 0 Å². The molecule has 0 atom stereocenters. The predicted molar refractivity (Wildman–Crippen MR) is 58.8 cm³/mol. The number of carbonyl (C=O) groups is 1. The fraction of sp³-hybridized carbons (Fsp3) is 0.0833. The third-order valence-corrected chi connectivity index (χ3v) is 2.12. The summed E-state index contributed by atoms with van der Waals surface area (Å²) in [6.45, 7) is 0.296. The molecular weight excluding hydrogens is 218 g/mol. The molecular formula is C12H9N3O2. The molecule has 0 aliphatic carbocycles. The Kier molecular flexibility index (Phi) is 3.17. The molecule has 0 spiro atoms. The maximum Gasteiger partial charge on any atom is 0.270 e. The van der Waals surface area contributed by atoms with Crippen LogP contribution in [-0.2, 0) is 6.54 Å². The first-order valence-corrected chi connectivity index (χ1v) is 4.96. The van der Waals surface area contributed by atoms with Gasteiger partial charge in [0.15, 0.2) is 0 Å². The number of hydrogen-bond donors (Lipinski definition) is 1. The summed E-state index contributed by atoms with van der Waals surface area (Å²) in [7, 11) is 0. The van der Waals surface area contributed by atoms with E-state index < -0.39 is 0 Å². The predicted octanol–water partition coefficient (Wildman–Crippen LogP) is 1.48. The highest BCUT2D eigenvalue weighted by Crippen LogP contribution is 2.02. The molecule has 1 amide bonds. The number of nitrogens with one attached hydrogen (secondary N) is 1. The quantitative estimate of drug-likeness (QED) is 0.861. The van der Waals surface area contributed by atoms with Crippen LogP contribution in [0.5, 0.6) is 0 Å². The molecule has 5 heteroatoms. The number of nitrogens with zero attached hydrogens (tertiary/aromatic N) is 2. The minimum atomic E-state index is -0.335. The van der Waals surface area contributed by atoms with E-state index in [1.54, 1.807) is 18.2 Å². The molecule has 2 aromatic rings. The third-order valence-electron chi connectivity index (χ3n) is 2.12. The van der Waals surface area contributed by atoms with Gasteiger partial charge in [-0.2, -0.15) is 5.26 Å². The number of furan rings is 1. The highest BCUT2D eigenvalue weighted by molar-refractivity contribution is 5.92. The lowest BCUT2D eigenvalue weighted by atomic mass is 10.2. The topological polar surface area (TPSA) is 78.9 Å². The van der Waals surface area contributed by atoms with Crippen LogP contribution in [0.2, 0.25) is 0 Å². The summed E-state index contributed by atoms with van der Waals surface area (Å²) in [6, 6.07) is 8.45. The number of pyridine rings is 1. The fourth-order valence-electron chi connectivity index (χ4n) is 1.30. The molecule has 84 valence electrons. The van der Waals surface area contributed by atoms with Crippen LogP contribution in [0.3, 0.4) is 0 Å². The first kappa shape index (κ1) is 10.9. The second-order valence-corrected chi connectivity index (χ2v) is 3.30. The van der Waals surface area contributed by atoms with Gasteiger partial charge in [-0.3, -0.25) is 9.78 Å². The lowest BCUT2D eigenvalue weighted by molar-refractivity contribution is 0.0943. The van der Waals surface area contributed by atoms with Crippen LogP contribution in [-0.4, -0.2) is 10.9 Å². The van der Waals surface area contributed by atoms with Crippen molar-refractivity contribution in [3.8, 4) is 6.07 Å². The average molecular weight is 227 g/mol. The van der Waals surface area contributed by atoms with Crippen molar-refractivity contribution in [2.75, 3.05) is 0 Å². The zero-order valence-electron chi connectivity index (χ0n) is 8.88. The summed E-state index contributed by atoms with van der Waals surface area (Å²) >= 11 is 0. The maximum atomic E-state index is 11.7. The Morgan fingerprint density at radius 2 is 2.41 bits per heavy atom. The van der Waals surface area contributed by atoms with Crippen LogP contribution in [0.15, 0.2) is 41.1 Å². The second kappa shape index (κ2) is 4.94. The van der Waals surface area contributed by atoms with Crippen molar-refractivity contribution in [1.82, 2.24) is 10.3 Å². The van der Waals surface area contributed by atoms with Crippen molar-refractivity contribution in [2.24, 2.45) is 0 Å². The van der Waals surface area contributed by atoms with Gasteiger partial charge in [-0.25, -0.2) is 0 Å². The van der Waals surface area contributed by atoms with Gasteiger partial charge in [-0.1, -0.05) is 0 Å². The largest absolute Gasteiger partial charge is 0.467 e. The Balaban J connectivity index is 2.02. The molecule has 0 aromatic carbocycles. The Hall–Kier alpha value is -2.61. The van der Waals surface area contributed by atoms with E-state index in [9.17, 15) is 4.79 Å². The Labute approximate surface area is 97.7 Å². The third kappa shape index (κ3) is 2.69. The van der Waals surface area contributed by atoms with E-state index in [1.165, 1.54) is 18.5 Å². The minimum absolute atomic E-state index is 0.218. The van der Waals surface area contributed by atoms with E-state index in [-0.39, 0.29) is 11.6 Å². The molecule has 0 saturated heterocycles. The molecule has 2 heterocycles. The van der Waals surface area contributed by atoms with Crippen molar-refractivity contribution in [3.63, 3.8) is 0 Å². The van der Waals surface area contributed by atoms with Crippen molar-refractivity contribution in [1.29, 1.82) is 5.26 Å². The molecule has 1 N–H and O–H groups in total. The van der Waals surface area contributed by atoms with Crippen LogP contribution in [0, 0.1) is 11.3 Å². The smallest absolute Gasteiger partial charge is 0.270 e. The summed E-state index contributed by atoms with van der Waals surface area (Å²) in [6.07, 6.45) is 2.97. The number of nitriles is 1. The summed E-state index contributed by atoms with van der Waals surface area (Å²) in [5.41, 5.74) is 0.624. The van der Waals surface area contributed by atoms with Crippen LogP contribution < -0.4 is 5.32 Å². The van der Waals surface area contributed by atoms with Gasteiger partial charge in [0.1, 0.15) is 11.5 Å². The number of rotatable bonds is 3. The van der Waals surface area contributed by atoms with Crippen molar-refractivity contribution < 1.29 is 9.21 Å². The Morgan fingerprint density at radius 3 is 3.12 bits per heavy atom. The standard InChI is InChI=1S/C12H9N3O2/c13-7-9-3-4-14-11(6-9)12(16)15-8-10-2-1-5-17-10/h1-6H,8H2,(H,15,16). The second-order valence-electron chi connectivity index (χ2n) is 3.30. The fourth-order valence-corrected chi connectivity index (χ4v) is 1.30. The normalized spacial score (nSPS) is 9.59. The number of carbonyl (C=O) groups excluding carboxylic acids is 1. The molecule has 2 aromatic heterocycles. The summed E-state index contributed by atoms with van der Waals surface area (Å²) in [5, 5.41) is 11.3. The van der Waals surface area contributed by atoms with E-state index in [0.29, 0.717) is 17.9 Å². The van der Waals surface area contributed by atoms with E-state index in [4.69, 9.17) is 9.68 Å². The SMILES string of the molecule is N#Cc1ccnc(C(=O)NCc2ccco2)c1. The molecule has 0 aliphatic heterocycles. The molecule has 0 fully saturated rings. The van der Waals surface area contributed by atoms with Gasteiger partial charge in [-0.05, 0) is 24.3 Å². The summed E-state index contributed by atoms with van der Waals surface area (Å²) in [4.78, 5) is 15.6. The van der Waals surface area contributed by atoms with Gasteiger partial charge in [0.25, 0.3) is 5.91 Å². The van der Waals surface area contributed by atoms with Crippen molar-refractivity contribution >= 4 is 5.91 Å². The van der Waals surface area contributed by atoms with Gasteiger partial charge in [0.05, 0.1) is 24.4 Å². The van der Waals surface area contributed by atoms with E-state index in [1.807, 2.05) is 6.07 Å². The Bertz CT molecular complexity index is 555. The molecule has 2 rings (SSSR count). The van der Waals surface area contributed by atoms with Gasteiger partial charge in [-0.15, -0.1) is 0 Å². The first-order valence-electron chi connectivity index (χ1n) is 4.96. The van der Waals surface area contributed by atoms with Gasteiger partial charge < -0.3 is 9.73 Å². The zero-order chi connectivity index (χ0) is 12.1. The molecule has 0 saturated carbocycles. The molecule has 0 radical (unpaired) electrons. The lowest BCUT2D eigenvalue weighted by Gasteiger charge is -2.02. The number of amides is 1. The lowest BCUT2D eigenvalue weighted by Crippen LogP contribution is -2.23.